The molecule has 0 fully saturated rings. The van der Waals surface area contributed by atoms with E-state index in [2.05, 4.69) is 40.7 Å². The second-order valence-corrected chi connectivity index (χ2v) is 8.10. The first-order valence-corrected chi connectivity index (χ1v) is 10.8. The molecule has 0 amide bonds. The molecule has 0 saturated heterocycles. The van der Waals surface area contributed by atoms with Crippen LogP contribution in [0.2, 0.25) is 0 Å². The highest BCUT2D eigenvalue weighted by atomic mass is 19.1. The monoisotopic (exact) mass is 435 g/mol. The second kappa shape index (κ2) is 9.34. The van der Waals surface area contributed by atoms with Gasteiger partial charge in [0.2, 0.25) is 0 Å². The second-order valence-electron chi connectivity index (χ2n) is 8.10. The first-order chi connectivity index (χ1) is 15.2. The number of hydrogen-bond donors (Lipinski definition) is 4. The van der Waals surface area contributed by atoms with Crippen molar-refractivity contribution in [1.29, 1.82) is 5.41 Å². The maximum absolute atomic E-state index is 13.9. The van der Waals surface area contributed by atoms with E-state index in [1.54, 1.807) is 24.3 Å². The number of benzene rings is 1. The van der Waals surface area contributed by atoms with E-state index >= 15 is 0 Å². The van der Waals surface area contributed by atoms with Crippen molar-refractivity contribution in [3.05, 3.63) is 93.6 Å². The smallest absolute Gasteiger partial charge is 0.257 e. The fraction of sp³-hybridized carbons (Fsp3) is 0.320. The summed E-state index contributed by atoms with van der Waals surface area (Å²) >= 11 is 0. The SMILES string of the molecule is C=C(CCC)C1(C)C(=C)Nc2nc(C(=N)/C=C(/CC)NCc3ccccc3F)[nH]c(=O)c21. The standard InChI is InChI=1S/C25H30FN5O/c1-6-10-15(3)25(5)16(4)29-23-21(25)24(32)31-22(30-23)20(27)13-18(7-2)28-14-17-11-8-9-12-19(17)26/h8-9,11-13,27-28H,3-4,6-7,10,14H2,1-2,5H3,(H2,29,30,31,32)/b18-13-,27-20?. The van der Waals surface area contributed by atoms with E-state index in [-0.39, 0.29) is 22.9 Å². The number of halogens is 1. The molecule has 32 heavy (non-hydrogen) atoms. The summed E-state index contributed by atoms with van der Waals surface area (Å²) in [5.41, 5.74) is 2.34. The Kier molecular flexibility index (Phi) is 6.77. The Hall–Kier alpha value is -3.48. The zero-order chi connectivity index (χ0) is 23.5. The summed E-state index contributed by atoms with van der Waals surface area (Å²) in [5, 5.41) is 14.7. The molecule has 1 atom stereocenters. The summed E-state index contributed by atoms with van der Waals surface area (Å²) in [5.74, 6) is 0.274. The molecule has 0 saturated carbocycles. The van der Waals surface area contributed by atoms with E-state index in [1.165, 1.54) is 6.07 Å². The molecule has 3 rings (SSSR count). The van der Waals surface area contributed by atoms with Crippen molar-refractivity contribution in [3.8, 4) is 0 Å². The minimum absolute atomic E-state index is 0.0520. The van der Waals surface area contributed by atoms with Gasteiger partial charge in [0.25, 0.3) is 5.56 Å². The largest absolute Gasteiger partial charge is 0.384 e. The number of rotatable bonds is 9. The fourth-order valence-electron chi connectivity index (χ4n) is 3.89. The summed E-state index contributed by atoms with van der Waals surface area (Å²) in [4.78, 5) is 20.3. The summed E-state index contributed by atoms with van der Waals surface area (Å²) in [6.45, 7) is 14.5. The minimum atomic E-state index is -0.710. The van der Waals surface area contributed by atoms with E-state index < -0.39 is 5.41 Å². The highest BCUT2D eigenvalue weighted by molar-refractivity contribution is 6.04. The van der Waals surface area contributed by atoms with Crippen LogP contribution in [0.3, 0.4) is 0 Å². The Labute approximate surface area is 187 Å². The molecule has 0 aliphatic carbocycles. The normalized spacial score (nSPS) is 17.6. The Morgan fingerprint density at radius 2 is 2.06 bits per heavy atom. The highest BCUT2D eigenvalue weighted by Gasteiger charge is 2.43. The van der Waals surface area contributed by atoms with Gasteiger partial charge in [0, 0.05) is 23.5 Å². The van der Waals surface area contributed by atoms with Gasteiger partial charge in [-0.1, -0.05) is 57.2 Å². The number of anilines is 1. The molecule has 1 aliphatic heterocycles. The van der Waals surface area contributed by atoms with Crippen molar-refractivity contribution in [2.24, 2.45) is 0 Å². The van der Waals surface area contributed by atoms with Crippen LogP contribution in [0.15, 0.2) is 65.3 Å². The van der Waals surface area contributed by atoms with E-state index in [1.807, 2.05) is 13.8 Å². The van der Waals surface area contributed by atoms with Crippen LogP contribution in [-0.2, 0) is 12.0 Å². The van der Waals surface area contributed by atoms with Crippen LogP contribution in [0.5, 0.6) is 0 Å². The molecule has 1 aromatic heterocycles. The van der Waals surface area contributed by atoms with Crippen LogP contribution in [0.25, 0.3) is 0 Å². The number of nitrogens with one attached hydrogen (secondary N) is 4. The number of H-pyrrole nitrogens is 1. The lowest BCUT2D eigenvalue weighted by Gasteiger charge is -2.27. The summed E-state index contributed by atoms with van der Waals surface area (Å²) in [6, 6.07) is 6.55. The van der Waals surface area contributed by atoms with Gasteiger partial charge in [-0.05, 0) is 31.9 Å². The topological polar surface area (TPSA) is 93.7 Å². The lowest BCUT2D eigenvalue weighted by atomic mass is 9.75. The molecule has 6 nitrogen and oxygen atoms in total. The lowest BCUT2D eigenvalue weighted by Crippen LogP contribution is -2.31. The van der Waals surface area contributed by atoms with Crippen molar-refractivity contribution >= 4 is 11.5 Å². The summed E-state index contributed by atoms with van der Waals surface area (Å²) in [7, 11) is 0. The van der Waals surface area contributed by atoms with Crippen molar-refractivity contribution in [3.63, 3.8) is 0 Å². The maximum atomic E-state index is 13.9. The molecule has 1 aliphatic rings. The van der Waals surface area contributed by atoms with Gasteiger partial charge in [-0.25, -0.2) is 9.37 Å². The van der Waals surface area contributed by atoms with Gasteiger partial charge in [-0.2, -0.15) is 0 Å². The first kappa shape index (κ1) is 23.2. The third kappa shape index (κ3) is 4.28. The predicted octanol–water partition coefficient (Wildman–Crippen LogP) is 4.91. The highest BCUT2D eigenvalue weighted by Crippen LogP contribution is 2.45. The van der Waals surface area contributed by atoms with Gasteiger partial charge in [0.1, 0.15) is 11.6 Å². The van der Waals surface area contributed by atoms with Gasteiger partial charge >= 0.3 is 0 Å². The Balaban J connectivity index is 1.87. The van der Waals surface area contributed by atoms with Gasteiger partial charge in [-0.15, -0.1) is 0 Å². The van der Waals surface area contributed by atoms with Crippen molar-refractivity contribution in [1.82, 2.24) is 15.3 Å². The van der Waals surface area contributed by atoms with Crippen LogP contribution in [0, 0.1) is 11.2 Å². The maximum Gasteiger partial charge on any atom is 0.257 e. The van der Waals surface area contributed by atoms with Crippen LogP contribution >= 0.6 is 0 Å². The molecule has 7 heteroatoms. The molecule has 2 heterocycles. The number of hydrogen-bond acceptors (Lipinski definition) is 5. The average Bonchev–Trinajstić information content (AvgIpc) is 3.03. The minimum Gasteiger partial charge on any atom is -0.384 e. The zero-order valence-corrected chi connectivity index (χ0v) is 18.9. The van der Waals surface area contributed by atoms with Crippen LogP contribution in [0.1, 0.15) is 57.0 Å². The Bertz CT molecular complexity index is 1160. The van der Waals surface area contributed by atoms with Crippen molar-refractivity contribution in [2.75, 3.05) is 5.32 Å². The molecule has 0 spiro atoms. The van der Waals surface area contributed by atoms with E-state index in [0.717, 1.165) is 24.1 Å². The molecule has 0 bridgehead atoms. The van der Waals surface area contributed by atoms with Crippen molar-refractivity contribution < 1.29 is 4.39 Å². The van der Waals surface area contributed by atoms with Gasteiger partial charge in [0.15, 0.2) is 5.82 Å². The van der Waals surface area contributed by atoms with Gasteiger partial charge in [-0.3, -0.25) is 10.2 Å². The molecule has 0 radical (unpaired) electrons. The number of aromatic nitrogens is 2. The molecular weight excluding hydrogens is 405 g/mol. The molecule has 4 N–H and O–H groups in total. The molecule has 2 aromatic rings. The van der Waals surface area contributed by atoms with Crippen LogP contribution < -0.4 is 16.2 Å². The van der Waals surface area contributed by atoms with Crippen molar-refractivity contribution in [2.45, 2.75) is 52.0 Å². The van der Waals surface area contributed by atoms with Crippen LogP contribution in [-0.4, -0.2) is 15.7 Å². The lowest BCUT2D eigenvalue weighted by molar-refractivity contribution is 0.599. The van der Waals surface area contributed by atoms with Crippen LogP contribution in [0.4, 0.5) is 10.2 Å². The molecular formula is C25H30FN5O. The van der Waals surface area contributed by atoms with E-state index in [0.29, 0.717) is 35.6 Å². The third-order valence-electron chi connectivity index (χ3n) is 5.97. The number of nitrogens with zero attached hydrogens (tertiary/aromatic N) is 1. The fourth-order valence-corrected chi connectivity index (χ4v) is 3.89. The summed E-state index contributed by atoms with van der Waals surface area (Å²) in [6.07, 6.45) is 3.89. The quantitative estimate of drug-likeness (QED) is 0.332. The molecule has 1 unspecified atom stereocenters. The predicted molar refractivity (Wildman–Crippen MR) is 127 cm³/mol. The first-order valence-electron chi connectivity index (χ1n) is 10.8. The third-order valence-corrected chi connectivity index (χ3v) is 5.97. The molecule has 168 valence electrons. The average molecular weight is 436 g/mol. The number of allylic oxidation sites excluding steroid dienone is 3. The molecule has 1 aromatic carbocycles. The Morgan fingerprint density at radius 1 is 1.34 bits per heavy atom. The van der Waals surface area contributed by atoms with E-state index in [9.17, 15) is 9.18 Å². The summed E-state index contributed by atoms with van der Waals surface area (Å²) < 4.78 is 13.9. The van der Waals surface area contributed by atoms with Gasteiger partial charge in [0.05, 0.1) is 16.7 Å². The van der Waals surface area contributed by atoms with Gasteiger partial charge < -0.3 is 15.6 Å². The zero-order valence-electron chi connectivity index (χ0n) is 18.9. The number of fused-ring (bicyclic) bond motifs is 1. The number of aromatic amines is 1. The Morgan fingerprint density at radius 3 is 2.72 bits per heavy atom. The van der Waals surface area contributed by atoms with E-state index in [4.69, 9.17) is 5.41 Å².